The number of hydrogen-bond donors (Lipinski definition) is 1. The predicted molar refractivity (Wildman–Crippen MR) is 132 cm³/mol. The number of aryl methyl sites for hydroxylation is 2. The number of hydrogen-bond acceptors (Lipinski definition) is 5. The van der Waals surface area contributed by atoms with Gasteiger partial charge in [0.1, 0.15) is 4.21 Å². The standard InChI is InChI=1S/C23H27N3O3S2.ClH/c1-3-19-15-20(17(2)24-23(19)27)21-9-10-22(30-21)31(28,29)26-13-11-25(12-14-26)16-18-7-5-4-6-8-18;/h4-10,15H,3,11-14,16H2,1-2H3,(H,24,27);1H. The maximum Gasteiger partial charge on any atom is 0.252 e. The van der Waals surface area contributed by atoms with Crippen LogP contribution in [0.4, 0.5) is 0 Å². The largest absolute Gasteiger partial charge is 0.326 e. The predicted octanol–water partition coefficient (Wildman–Crippen LogP) is 3.90. The zero-order chi connectivity index (χ0) is 22.0. The Hall–Kier alpha value is -1.97. The highest BCUT2D eigenvalue weighted by Crippen LogP contribution is 2.34. The van der Waals surface area contributed by atoms with Crippen molar-refractivity contribution in [2.75, 3.05) is 26.2 Å². The number of nitrogens with one attached hydrogen (secondary N) is 1. The Balaban J connectivity index is 0.00000289. The summed E-state index contributed by atoms with van der Waals surface area (Å²) in [5.74, 6) is 0. The van der Waals surface area contributed by atoms with Crippen molar-refractivity contribution in [1.29, 1.82) is 0 Å². The van der Waals surface area contributed by atoms with Gasteiger partial charge in [0.05, 0.1) is 0 Å². The van der Waals surface area contributed by atoms with Gasteiger partial charge >= 0.3 is 0 Å². The van der Waals surface area contributed by atoms with Crippen molar-refractivity contribution in [3.63, 3.8) is 0 Å². The topological polar surface area (TPSA) is 73.5 Å². The first-order valence-corrected chi connectivity index (χ1v) is 12.7. The van der Waals surface area contributed by atoms with Crippen LogP contribution in [0.15, 0.2) is 57.5 Å². The number of sulfonamides is 1. The fourth-order valence-electron chi connectivity index (χ4n) is 3.88. The Kier molecular flexibility index (Phi) is 7.95. The summed E-state index contributed by atoms with van der Waals surface area (Å²) >= 11 is 1.26. The lowest BCUT2D eigenvalue weighted by Gasteiger charge is -2.33. The third-order valence-electron chi connectivity index (χ3n) is 5.72. The summed E-state index contributed by atoms with van der Waals surface area (Å²) in [6, 6.07) is 15.6. The van der Waals surface area contributed by atoms with E-state index in [9.17, 15) is 13.2 Å². The zero-order valence-electron chi connectivity index (χ0n) is 18.2. The van der Waals surface area contributed by atoms with Gasteiger partial charge in [-0.15, -0.1) is 23.7 Å². The van der Waals surface area contributed by atoms with Crippen LogP contribution in [0, 0.1) is 6.92 Å². The highest BCUT2D eigenvalue weighted by molar-refractivity contribution is 7.91. The molecule has 1 aliphatic heterocycles. The van der Waals surface area contributed by atoms with E-state index in [4.69, 9.17) is 0 Å². The molecular weight excluding hydrogens is 466 g/mol. The summed E-state index contributed by atoms with van der Waals surface area (Å²) < 4.78 is 28.4. The number of pyridine rings is 1. The maximum atomic E-state index is 13.2. The SMILES string of the molecule is CCc1cc(-c2ccc(S(=O)(=O)N3CCN(Cc4ccccc4)CC3)s2)c(C)[nH]c1=O.Cl. The van der Waals surface area contributed by atoms with Gasteiger partial charge in [-0.3, -0.25) is 9.69 Å². The van der Waals surface area contributed by atoms with E-state index in [0.29, 0.717) is 42.4 Å². The summed E-state index contributed by atoms with van der Waals surface area (Å²) in [5.41, 5.74) is 3.50. The molecule has 1 fully saturated rings. The van der Waals surface area contributed by atoms with Gasteiger partial charge in [0, 0.05) is 54.4 Å². The summed E-state index contributed by atoms with van der Waals surface area (Å²) in [6.45, 7) is 7.02. The second-order valence-corrected chi connectivity index (χ2v) is 11.0. The van der Waals surface area contributed by atoms with E-state index in [1.54, 1.807) is 10.4 Å². The van der Waals surface area contributed by atoms with Crippen molar-refractivity contribution >= 4 is 33.8 Å². The van der Waals surface area contributed by atoms with Gasteiger partial charge in [0.2, 0.25) is 0 Å². The van der Waals surface area contributed by atoms with E-state index in [-0.39, 0.29) is 18.0 Å². The lowest BCUT2D eigenvalue weighted by atomic mass is 10.1. The van der Waals surface area contributed by atoms with E-state index in [0.717, 1.165) is 22.7 Å². The van der Waals surface area contributed by atoms with Crippen LogP contribution in [0.25, 0.3) is 10.4 Å². The van der Waals surface area contributed by atoms with Gasteiger partial charge in [-0.25, -0.2) is 8.42 Å². The monoisotopic (exact) mass is 493 g/mol. The van der Waals surface area contributed by atoms with Crippen LogP contribution in [0.5, 0.6) is 0 Å². The lowest BCUT2D eigenvalue weighted by molar-refractivity contribution is 0.182. The van der Waals surface area contributed by atoms with Crippen molar-refractivity contribution in [1.82, 2.24) is 14.2 Å². The summed E-state index contributed by atoms with van der Waals surface area (Å²) in [5, 5.41) is 0. The third kappa shape index (κ3) is 5.15. The number of aromatic amines is 1. The molecule has 0 unspecified atom stereocenters. The molecule has 1 saturated heterocycles. The molecule has 3 heterocycles. The molecule has 0 radical (unpaired) electrons. The Morgan fingerprint density at radius 3 is 2.38 bits per heavy atom. The molecule has 1 aromatic carbocycles. The minimum Gasteiger partial charge on any atom is -0.326 e. The molecule has 3 aromatic rings. The van der Waals surface area contributed by atoms with Crippen LogP contribution in [0.1, 0.15) is 23.7 Å². The van der Waals surface area contributed by atoms with Crippen LogP contribution in [0.2, 0.25) is 0 Å². The number of H-pyrrole nitrogens is 1. The molecule has 0 aliphatic carbocycles. The Morgan fingerprint density at radius 2 is 1.72 bits per heavy atom. The number of thiophene rings is 1. The quantitative estimate of drug-likeness (QED) is 0.565. The second kappa shape index (κ2) is 10.3. The fraction of sp³-hybridized carbons (Fsp3) is 0.348. The van der Waals surface area contributed by atoms with Crippen molar-refractivity contribution in [3.8, 4) is 10.4 Å². The molecule has 6 nitrogen and oxygen atoms in total. The smallest absolute Gasteiger partial charge is 0.252 e. The first-order valence-electron chi connectivity index (χ1n) is 10.5. The molecule has 4 rings (SSSR count). The second-order valence-electron chi connectivity index (χ2n) is 7.80. The van der Waals surface area contributed by atoms with Crippen molar-refractivity contribution < 1.29 is 8.42 Å². The molecule has 1 N–H and O–H groups in total. The third-order valence-corrected chi connectivity index (χ3v) is 9.20. The van der Waals surface area contributed by atoms with Gasteiger partial charge in [-0.2, -0.15) is 4.31 Å². The van der Waals surface area contributed by atoms with Crippen LogP contribution in [0.3, 0.4) is 0 Å². The number of aromatic nitrogens is 1. The first kappa shape index (κ1) is 24.7. The lowest BCUT2D eigenvalue weighted by Crippen LogP contribution is -2.48. The van der Waals surface area contributed by atoms with Crippen LogP contribution in [-0.2, 0) is 23.0 Å². The normalized spacial score (nSPS) is 15.4. The van der Waals surface area contributed by atoms with Gasteiger partial charge < -0.3 is 4.98 Å². The van der Waals surface area contributed by atoms with Gasteiger partial charge in [0.15, 0.2) is 0 Å². The van der Waals surface area contributed by atoms with Crippen molar-refractivity contribution in [2.24, 2.45) is 0 Å². The minimum absolute atomic E-state index is 0. The summed E-state index contributed by atoms with van der Waals surface area (Å²) in [7, 11) is -3.53. The highest BCUT2D eigenvalue weighted by Gasteiger charge is 2.30. The maximum absolute atomic E-state index is 13.2. The molecule has 0 atom stereocenters. The van der Waals surface area contributed by atoms with Gasteiger partial charge in [-0.05, 0) is 37.1 Å². The molecule has 0 bridgehead atoms. The molecular formula is C23H28ClN3O3S2. The van der Waals surface area contributed by atoms with Gasteiger partial charge in [-0.1, -0.05) is 37.3 Å². The molecule has 32 heavy (non-hydrogen) atoms. The number of nitrogens with zero attached hydrogens (tertiary/aromatic N) is 2. The summed E-state index contributed by atoms with van der Waals surface area (Å²) in [4.78, 5) is 18.0. The average Bonchev–Trinajstić information content (AvgIpc) is 3.26. The molecule has 1 aliphatic rings. The average molecular weight is 494 g/mol. The fourth-order valence-corrected chi connectivity index (χ4v) is 6.84. The number of piperazine rings is 1. The number of rotatable bonds is 6. The van der Waals surface area contributed by atoms with Gasteiger partial charge in [0.25, 0.3) is 15.6 Å². The zero-order valence-corrected chi connectivity index (χ0v) is 20.7. The summed E-state index contributed by atoms with van der Waals surface area (Å²) in [6.07, 6.45) is 0.631. The van der Waals surface area contributed by atoms with E-state index in [1.165, 1.54) is 16.9 Å². The number of halogens is 1. The van der Waals surface area contributed by atoms with E-state index < -0.39 is 10.0 Å². The van der Waals surface area contributed by atoms with E-state index >= 15 is 0 Å². The van der Waals surface area contributed by atoms with Crippen LogP contribution >= 0.6 is 23.7 Å². The molecule has 172 valence electrons. The van der Waals surface area contributed by atoms with Crippen molar-refractivity contribution in [2.45, 2.75) is 31.0 Å². The van der Waals surface area contributed by atoms with Crippen LogP contribution < -0.4 is 5.56 Å². The highest BCUT2D eigenvalue weighted by atomic mass is 35.5. The molecule has 0 saturated carbocycles. The first-order chi connectivity index (χ1) is 14.9. The number of benzene rings is 1. The minimum atomic E-state index is -3.53. The Morgan fingerprint density at radius 1 is 1.03 bits per heavy atom. The molecule has 0 amide bonds. The molecule has 0 spiro atoms. The van der Waals surface area contributed by atoms with Crippen LogP contribution in [-0.4, -0.2) is 48.8 Å². The van der Waals surface area contributed by atoms with E-state index in [2.05, 4.69) is 22.0 Å². The molecule has 9 heteroatoms. The Labute approximate surface area is 199 Å². The van der Waals surface area contributed by atoms with E-state index in [1.807, 2.05) is 44.2 Å². The molecule has 2 aromatic heterocycles. The van der Waals surface area contributed by atoms with Crippen molar-refractivity contribution in [3.05, 3.63) is 75.7 Å². The Bertz CT molecular complexity index is 1210.